The number of carbonyl (C=O) groups is 3. The van der Waals surface area contributed by atoms with E-state index >= 15 is 0 Å². The average Bonchev–Trinajstić information content (AvgIpc) is 3.32. The van der Waals surface area contributed by atoms with Crippen molar-refractivity contribution in [3.05, 3.63) is 72.9 Å². The van der Waals surface area contributed by atoms with Gasteiger partial charge in [0, 0.05) is 19.3 Å². The van der Waals surface area contributed by atoms with E-state index in [1.54, 1.807) is 0 Å². The smallest absolute Gasteiger partial charge is 0.462 e. The molecule has 2 N–H and O–H groups in total. The molecule has 392 valence electrons. The van der Waals surface area contributed by atoms with Crippen molar-refractivity contribution < 1.29 is 52.2 Å². The fourth-order valence-electron chi connectivity index (χ4n) is 7.02. The Balaban J connectivity index is 4.81. The monoisotopic (exact) mass is 977 g/mol. The third-order valence-electron chi connectivity index (χ3n) is 11.1. The molecule has 0 aliphatic carbocycles. The summed E-state index contributed by atoms with van der Waals surface area (Å²) in [7, 11) is -4.75. The lowest BCUT2D eigenvalue weighted by atomic mass is 10.1. The van der Waals surface area contributed by atoms with Gasteiger partial charge in [0.05, 0.1) is 19.8 Å². The Kier molecular flexibility index (Phi) is 48.0. The molecule has 3 atom stereocenters. The Morgan fingerprint density at radius 3 is 1.22 bits per heavy atom. The average molecular weight is 977 g/mol. The van der Waals surface area contributed by atoms with E-state index in [2.05, 4.69) is 93.7 Å². The van der Waals surface area contributed by atoms with Crippen molar-refractivity contribution in [3.8, 4) is 0 Å². The minimum atomic E-state index is -4.75. The van der Waals surface area contributed by atoms with Crippen LogP contribution in [0.25, 0.3) is 0 Å². The van der Waals surface area contributed by atoms with Crippen molar-refractivity contribution in [2.75, 3.05) is 26.4 Å². The Hall–Kier alpha value is -3.08. The lowest BCUT2D eigenvalue weighted by molar-refractivity contribution is -0.161. The molecule has 0 spiro atoms. The Bertz CT molecular complexity index is 1420. The van der Waals surface area contributed by atoms with Crippen LogP contribution in [0, 0.1) is 0 Å². The molecule has 12 heteroatoms. The van der Waals surface area contributed by atoms with Gasteiger partial charge in [0.1, 0.15) is 12.7 Å². The number of allylic oxidation sites excluding steroid dienone is 12. The first-order valence-corrected chi connectivity index (χ1v) is 28.3. The topological polar surface area (TPSA) is 155 Å². The molecule has 0 amide bonds. The molecular formula is C56H97O11P. The first kappa shape index (κ1) is 64.9. The summed E-state index contributed by atoms with van der Waals surface area (Å²) in [6, 6.07) is 0. The van der Waals surface area contributed by atoms with Crippen LogP contribution in [0.4, 0.5) is 0 Å². The second kappa shape index (κ2) is 50.3. The van der Waals surface area contributed by atoms with Crippen LogP contribution in [-0.2, 0) is 42.2 Å². The summed E-state index contributed by atoms with van der Waals surface area (Å²) in [6.07, 6.45) is 54.5. The Morgan fingerprint density at radius 2 is 0.765 bits per heavy atom. The summed E-state index contributed by atoms with van der Waals surface area (Å²) in [5.41, 5.74) is 0. The minimum absolute atomic E-state index is 0.126. The van der Waals surface area contributed by atoms with E-state index < -0.39 is 57.8 Å². The molecular weight excluding hydrogens is 880 g/mol. The van der Waals surface area contributed by atoms with Gasteiger partial charge >= 0.3 is 25.7 Å². The summed E-state index contributed by atoms with van der Waals surface area (Å²) in [5.74, 6) is -1.52. The van der Waals surface area contributed by atoms with Gasteiger partial charge < -0.3 is 24.2 Å². The quantitative estimate of drug-likeness (QED) is 0.0197. The van der Waals surface area contributed by atoms with E-state index in [1.807, 2.05) is 0 Å². The number of hydrogen-bond acceptors (Lipinski definition) is 10. The number of ether oxygens (including phenoxy) is 3. The van der Waals surface area contributed by atoms with Crippen LogP contribution in [0.15, 0.2) is 72.9 Å². The van der Waals surface area contributed by atoms with E-state index in [0.717, 1.165) is 109 Å². The van der Waals surface area contributed by atoms with Crippen molar-refractivity contribution >= 4 is 25.7 Å². The predicted octanol–water partition coefficient (Wildman–Crippen LogP) is 15.4. The van der Waals surface area contributed by atoms with Gasteiger partial charge in [-0.15, -0.1) is 0 Å². The van der Waals surface area contributed by atoms with Crippen LogP contribution < -0.4 is 0 Å². The van der Waals surface area contributed by atoms with Gasteiger partial charge in [-0.3, -0.25) is 23.4 Å². The van der Waals surface area contributed by atoms with Gasteiger partial charge in [-0.25, -0.2) is 4.57 Å². The highest BCUT2D eigenvalue weighted by Crippen LogP contribution is 2.43. The number of carbonyl (C=O) groups excluding carboxylic acids is 3. The third kappa shape index (κ3) is 48.0. The van der Waals surface area contributed by atoms with Gasteiger partial charge in [-0.2, -0.15) is 0 Å². The first-order chi connectivity index (χ1) is 33.2. The number of unbranched alkanes of at least 4 members (excludes halogenated alkanes) is 20. The van der Waals surface area contributed by atoms with Crippen LogP contribution in [-0.4, -0.2) is 66.5 Å². The fraction of sp³-hybridized carbons (Fsp3) is 0.732. The number of aliphatic hydroxyl groups is 1. The van der Waals surface area contributed by atoms with Crippen LogP contribution in [0.2, 0.25) is 0 Å². The van der Waals surface area contributed by atoms with E-state index in [0.29, 0.717) is 19.3 Å². The lowest BCUT2D eigenvalue weighted by Crippen LogP contribution is -2.30. The van der Waals surface area contributed by atoms with E-state index in [-0.39, 0.29) is 25.9 Å². The highest BCUT2D eigenvalue weighted by molar-refractivity contribution is 7.47. The molecule has 0 aliphatic heterocycles. The molecule has 0 radical (unpaired) electrons. The van der Waals surface area contributed by atoms with Gasteiger partial charge in [0.25, 0.3) is 0 Å². The largest absolute Gasteiger partial charge is 0.472 e. The predicted molar refractivity (Wildman–Crippen MR) is 279 cm³/mol. The number of rotatable bonds is 49. The van der Waals surface area contributed by atoms with Crippen LogP contribution in [0.1, 0.15) is 226 Å². The molecule has 0 aromatic rings. The third-order valence-corrected chi connectivity index (χ3v) is 12.1. The SMILES string of the molecule is CC/C=C\C/C=C\C/C=C\C/C=C\C/C=C\CCCCCC(=O)OC(COC(=O)CCCCCCC/C=C\CCCCCC)COP(=O)(O)OCC(CO)OC(=O)CCCCCCCCCCC. The molecule has 0 aliphatic rings. The summed E-state index contributed by atoms with van der Waals surface area (Å²) >= 11 is 0. The van der Waals surface area contributed by atoms with Gasteiger partial charge in [0.2, 0.25) is 0 Å². The summed E-state index contributed by atoms with van der Waals surface area (Å²) in [6.45, 7) is 4.43. The Labute approximate surface area is 414 Å². The van der Waals surface area contributed by atoms with Crippen molar-refractivity contribution in [1.29, 1.82) is 0 Å². The van der Waals surface area contributed by atoms with Gasteiger partial charge in [-0.1, -0.05) is 190 Å². The maximum atomic E-state index is 12.9. The zero-order valence-corrected chi connectivity index (χ0v) is 43.9. The molecule has 0 saturated heterocycles. The zero-order valence-electron chi connectivity index (χ0n) is 43.1. The van der Waals surface area contributed by atoms with E-state index in [4.69, 9.17) is 23.3 Å². The molecule has 0 rings (SSSR count). The van der Waals surface area contributed by atoms with E-state index in [1.165, 1.54) is 57.8 Å². The number of esters is 3. The van der Waals surface area contributed by atoms with Crippen molar-refractivity contribution in [2.45, 2.75) is 238 Å². The summed E-state index contributed by atoms with van der Waals surface area (Å²) < 4.78 is 39.3. The molecule has 68 heavy (non-hydrogen) atoms. The molecule has 0 aromatic carbocycles. The van der Waals surface area contributed by atoms with Crippen molar-refractivity contribution in [2.24, 2.45) is 0 Å². The van der Waals surface area contributed by atoms with Gasteiger partial charge in [-0.05, 0) is 89.9 Å². The van der Waals surface area contributed by atoms with Crippen molar-refractivity contribution in [1.82, 2.24) is 0 Å². The molecule has 0 fully saturated rings. The number of phosphoric ester groups is 1. The van der Waals surface area contributed by atoms with E-state index in [9.17, 15) is 28.9 Å². The van der Waals surface area contributed by atoms with Crippen LogP contribution in [0.5, 0.6) is 0 Å². The summed E-state index contributed by atoms with van der Waals surface area (Å²) in [5, 5.41) is 9.75. The van der Waals surface area contributed by atoms with Crippen molar-refractivity contribution in [3.63, 3.8) is 0 Å². The second-order valence-electron chi connectivity index (χ2n) is 17.7. The Morgan fingerprint density at radius 1 is 0.426 bits per heavy atom. The molecule has 3 unspecified atom stereocenters. The molecule has 0 saturated carbocycles. The normalized spacial score (nSPS) is 14.0. The maximum Gasteiger partial charge on any atom is 0.472 e. The minimum Gasteiger partial charge on any atom is -0.462 e. The van der Waals surface area contributed by atoms with Crippen LogP contribution in [0.3, 0.4) is 0 Å². The fourth-order valence-corrected chi connectivity index (χ4v) is 7.81. The zero-order chi connectivity index (χ0) is 49.9. The lowest BCUT2D eigenvalue weighted by Gasteiger charge is -2.21. The second-order valence-corrected chi connectivity index (χ2v) is 19.1. The standard InChI is InChI=1S/C56H97O11P/c1-4-7-10-13-16-19-21-23-24-25-26-27-28-30-32-35-38-41-44-47-56(60)67-53(49-63-54(58)45-42-39-36-34-31-29-22-20-17-14-11-8-5-2)51-65-68(61,62)64-50-52(48-57)66-55(59)46-43-40-37-33-18-15-12-9-6-3/h7,10,16,19-20,22-24,26-27,30,32,52-53,57H,4-6,8-9,11-15,17-18,21,25,28-29,31,33-51H2,1-3H3,(H,61,62)/b10-7-,19-16-,22-20-,24-23-,27-26-,32-30-. The first-order valence-electron chi connectivity index (χ1n) is 26.8. The van der Waals surface area contributed by atoms with Crippen LogP contribution >= 0.6 is 7.82 Å². The van der Waals surface area contributed by atoms with Gasteiger partial charge in [0.15, 0.2) is 6.10 Å². The molecule has 11 nitrogen and oxygen atoms in total. The number of aliphatic hydroxyl groups excluding tert-OH is 1. The summed E-state index contributed by atoms with van der Waals surface area (Å²) in [4.78, 5) is 48.3. The maximum absolute atomic E-state index is 12.9. The molecule has 0 heterocycles. The number of hydrogen-bond donors (Lipinski definition) is 2. The highest BCUT2D eigenvalue weighted by Gasteiger charge is 2.28. The molecule has 0 bridgehead atoms. The molecule has 0 aromatic heterocycles. The number of phosphoric acid groups is 1. The highest BCUT2D eigenvalue weighted by atomic mass is 31.2.